The Morgan fingerprint density at radius 3 is 1.89 bits per heavy atom. The van der Waals surface area contributed by atoms with Gasteiger partial charge in [-0.3, -0.25) is 0 Å². The molecule has 0 spiro atoms. The van der Waals surface area contributed by atoms with Crippen molar-refractivity contribution in [2.24, 2.45) is 0 Å². The summed E-state index contributed by atoms with van der Waals surface area (Å²) in [5.74, 6) is -0.613. The molecule has 4 nitrogen and oxygen atoms in total. The number of benzene rings is 1. The minimum atomic E-state index is -0.316. The van der Waals surface area contributed by atoms with E-state index in [1.54, 1.807) is 18.2 Å². The molecular weight excluding hydrogens is 379 g/mol. The van der Waals surface area contributed by atoms with E-state index in [-0.39, 0.29) is 64.7 Å². The number of hydrogen-bond acceptors (Lipinski definition) is 4. The summed E-state index contributed by atoms with van der Waals surface area (Å²) in [6.07, 6.45) is 10.2. The first kappa shape index (κ1) is 27.8. The van der Waals surface area contributed by atoms with E-state index < -0.39 is 0 Å². The fraction of sp³-hybridized carbons (Fsp3) is 0.652. The first-order chi connectivity index (χ1) is 13.1. The Labute approximate surface area is 215 Å². The zero-order chi connectivity index (χ0) is 19.9. The standard InChI is InChI=1S/C23H36O4.K.H/c1-4-7-9-11-16-26-22(24)20-14-15-21(19(18-20)13-6-3)23(25)27-17-12-10-8-5-2;;/h14-15,18H,4-13,16-17H2,1-3H3;;/q;+1;-1. The third kappa shape index (κ3) is 11.1. The second-order valence-electron chi connectivity index (χ2n) is 7.02. The second kappa shape index (κ2) is 17.6. The van der Waals surface area contributed by atoms with Crippen LogP contribution in [0.3, 0.4) is 0 Å². The predicted molar refractivity (Wildman–Crippen MR) is 110 cm³/mol. The number of carbonyl (C=O) groups is 2. The van der Waals surface area contributed by atoms with E-state index in [9.17, 15) is 9.59 Å². The maximum absolute atomic E-state index is 12.4. The molecule has 1 aromatic carbocycles. The van der Waals surface area contributed by atoms with Crippen molar-refractivity contribution >= 4 is 11.9 Å². The molecule has 1 rings (SSSR count). The van der Waals surface area contributed by atoms with Gasteiger partial charge in [0.05, 0.1) is 24.3 Å². The molecule has 0 aromatic heterocycles. The molecule has 0 saturated carbocycles. The van der Waals surface area contributed by atoms with Gasteiger partial charge in [-0.2, -0.15) is 0 Å². The summed E-state index contributed by atoms with van der Waals surface area (Å²) in [5, 5.41) is 0. The van der Waals surface area contributed by atoms with Crippen molar-refractivity contribution in [3.8, 4) is 0 Å². The van der Waals surface area contributed by atoms with E-state index in [2.05, 4.69) is 20.8 Å². The second-order valence-corrected chi connectivity index (χ2v) is 7.02. The Morgan fingerprint density at radius 2 is 1.36 bits per heavy atom. The van der Waals surface area contributed by atoms with Gasteiger partial charge in [0, 0.05) is 0 Å². The molecule has 0 unspecified atom stereocenters. The van der Waals surface area contributed by atoms with Gasteiger partial charge < -0.3 is 10.9 Å². The molecular formula is C23H37KO4. The van der Waals surface area contributed by atoms with Crippen LogP contribution in [0.25, 0.3) is 0 Å². The SMILES string of the molecule is CCCCCCOC(=O)c1ccc(C(=O)OCCCCCC)c(CCC)c1.[H-].[K+]. The van der Waals surface area contributed by atoms with Gasteiger partial charge in [0.25, 0.3) is 0 Å². The van der Waals surface area contributed by atoms with Gasteiger partial charge in [0.1, 0.15) is 0 Å². The summed E-state index contributed by atoms with van der Waals surface area (Å²) >= 11 is 0. The summed E-state index contributed by atoms with van der Waals surface area (Å²) in [6.45, 7) is 7.26. The van der Waals surface area contributed by atoms with E-state index in [1.807, 2.05) is 0 Å². The molecule has 0 saturated heterocycles. The van der Waals surface area contributed by atoms with Gasteiger partial charge in [-0.1, -0.05) is 65.7 Å². The Kier molecular flexibility index (Phi) is 17.5. The van der Waals surface area contributed by atoms with Gasteiger partial charge in [-0.15, -0.1) is 0 Å². The molecule has 0 radical (unpaired) electrons. The summed E-state index contributed by atoms with van der Waals surface area (Å²) in [7, 11) is 0. The van der Waals surface area contributed by atoms with Crippen LogP contribution in [0.5, 0.6) is 0 Å². The number of rotatable bonds is 14. The van der Waals surface area contributed by atoms with Gasteiger partial charge in [0.15, 0.2) is 0 Å². The molecule has 0 amide bonds. The van der Waals surface area contributed by atoms with Crippen molar-refractivity contribution in [1.82, 2.24) is 0 Å². The van der Waals surface area contributed by atoms with Crippen molar-refractivity contribution in [1.29, 1.82) is 0 Å². The minimum absolute atomic E-state index is 0. The number of hydrogen-bond donors (Lipinski definition) is 0. The number of carbonyl (C=O) groups excluding carboxylic acids is 2. The van der Waals surface area contributed by atoms with Crippen molar-refractivity contribution in [3.05, 3.63) is 34.9 Å². The molecule has 0 N–H and O–H groups in total. The quantitative estimate of drug-likeness (QED) is 0.265. The van der Waals surface area contributed by atoms with Gasteiger partial charge in [0.2, 0.25) is 0 Å². The summed E-state index contributed by atoms with van der Waals surface area (Å²) in [6, 6.07) is 5.15. The Morgan fingerprint density at radius 1 is 0.786 bits per heavy atom. The Bertz CT molecular complexity index is 578. The number of unbranched alkanes of at least 4 members (excludes halogenated alkanes) is 6. The maximum Gasteiger partial charge on any atom is 1.00 e. The number of aryl methyl sites for hydroxylation is 1. The fourth-order valence-corrected chi connectivity index (χ4v) is 2.94. The maximum atomic E-state index is 12.4. The van der Waals surface area contributed by atoms with Gasteiger partial charge in [-0.25, -0.2) is 9.59 Å². The third-order valence-corrected chi connectivity index (χ3v) is 4.54. The smallest absolute Gasteiger partial charge is 1.00 e. The topological polar surface area (TPSA) is 52.6 Å². The van der Waals surface area contributed by atoms with Crippen molar-refractivity contribution < 1.29 is 71.9 Å². The summed E-state index contributed by atoms with van der Waals surface area (Å²) < 4.78 is 10.8. The molecule has 0 aliphatic carbocycles. The molecule has 0 fully saturated rings. The van der Waals surface area contributed by atoms with E-state index in [4.69, 9.17) is 9.47 Å². The molecule has 28 heavy (non-hydrogen) atoms. The average Bonchev–Trinajstić information content (AvgIpc) is 2.67. The Balaban J connectivity index is 0. The van der Waals surface area contributed by atoms with Crippen molar-refractivity contribution in [3.63, 3.8) is 0 Å². The molecule has 0 heterocycles. The molecule has 5 heteroatoms. The van der Waals surface area contributed by atoms with Crippen LogP contribution in [0.15, 0.2) is 18.2 Å². The largest absolute Gasteiger partial charge is 1.00 e. The summed E-state index contributed by atoms with van der Waals surface area (Å²) in [4.78, 5) is 24.6. The van der Waals surface area contributed by atoms with Crippen molar-refractivity contribution in [2.75, 3.05) is 13.2 Å². The van der Waals surface area contributed by atoms with Crippen molar-refractivity contribution in [2.45, 2.75) is 85.0 Å². The molecule has 0 atom stereocenters. The van der Waals surface area contributed by atoms with Gasteiger partial charge in [-0.05, 0) is 43.0 Å². The normalized spacial score (nSPS) is 10.2. The van der Waals surface area contributed by atoms with E-state index in [1.165, 1.54) is 0 Å². The first-order valence-electron chi connectivity index (χ1n) is 10.6. The fourth-order valence-electron chi connectivity index (χ4n) is 2.94. The zero-order valence-corrected chi connectivity index (χ0v) is 21.5. The molecule has 154 valence electrons. The van der Waals surface area contributed by atoms with Crippen LogP contribution in [0, 0.1) is 0 Å². The zero-order valence-electron chi connectivity index (χ0n) is 19.4. The minimum Gasteiger partial charge on any atom is -1.00 e. The van der Waals surface area contributed by atoms with E-state index in [0.29, 0.717) is 24.3 Å². The molecule has 0 aliphatic rings. The summed E-state index contributed by atoms with van der Waals surface area (Å²) in [5.41, 5.74) is 1.93. The van der Waals surface area contributed by atoms with E-state index >= 15 is 0 Å². The van der Waals surface area contributed by atoms with Gasteiger partial charge >= 0.3 is 63.3 Å². The van der Waals surface area contributed by atoms with Crippen LogP contribution in [-0.2, 0) is 15.9 Å². The third-order valence-electron chi connectivity index (χ3n) is 4.54. The molecule has 0 bridgehead atoms. The van der Waals surface area contributed by atoms with Crippen LogP contribution < -0.4 is 51.4 Å². The van der Waals surface area contributed by atoms with Crippen LogP contribution in [0.1, 0.15) is 106 Å². The number of esters is 2. The first-order valence-corrected chi connectivity index (χ1v) is 10.6. The monoisotopic (exact) mass is 416 g/mol. The van der Waals surface area contributed by atoms with E-state index in [0.717, 1.165) is 69.8 Å². The van der Waals surface area contributed by atoms with Crippen LogP contribution >= 0.6 is 0 Å². The average molecular weight is 417 g/mol. The van der Waals surface area contributed by atoms with Crippen LogP contribution in [0.2, 0.25) is 0 Å². The Hall–Kier alpha value is -0.204. The molecule has 1 aromatic rings. The number of ether oxygens (including phenoxy) is 2. The molecule has 0 aliphatic heterocycles. The predicted octanol–water partition coefficient (Wildman–Crippen LogP) is 3.23. The van der Waals surface area contributed by atoms with Crippen LogP contribution in [-0.4, -0.2) is 25.2 Å². The van der Waals surface area contributed by atoms with Crippen LogP contribution in [0.4, 0.5) is 0 Å².